The molecular weight excluding hydrogens is 429 g/mol. The van der Waals surface area contributed by atoms with Gasteiger partial charge in [0, 0.05) is 44.8 Å². The zero-order valence-corrected chi connectivity index (χ0v) is 19.4. The highest BCUT2D eigenvalue weighted by Gasteiger charge is 2.32. The van der Waals surface area contributed by atoms with Crippen molar-refractivity contribution in [2.45, 2.75) is 25.2 Å². The highest BCUT2D eigenvalue weighted by atomic mass is 32.2. The van der Waals surface area contributed by atoms with Gasteiger partial charge in [-0.15, -0.1) is 0 Å². The van der Waals surface area contributed by atoms with Crippen LogP contribution in [0, 0.1) is 17.7 Å². The number of amides is 1. The van der Waals surface area contributed by atoms with Gasteiger partial charge in [0.1, 0.15) is 5.82 Å². The zero-order valence-electron chi connectivity index (χ0n) is 18.6. The molecule has 32 heavy (non-hydrogen) atoms. The number of anilines is 1. The molecule has 0 spiro atoms. The summed E-state index contributed by atoms with van der Waals surface area (Å²) in [6.45, 7) is 7.26. The van der Waals surface area contributed by atoms with Gasteiger partial charge in [0.05, 0.1) is 10.6 Å². The average Bonchev–Trinajstić information content (AvgIpc) is 2.78. The smallest absolute Gasteiger partial charge is 0.253 e. The number of para-hydroxylation sites is 1. The lowest BCUT2D eigenvalue weighted by molar-refractivity contribution is 0.0746. The minimum atomic E-state index is -3.57. The number of rotatable bonds is 4. The van der Waals surface area contributed by atoms with E-state index in [0.29, 0.717) is 62.4 Å². The molecule has 2 aliphatic rings. The van der Waals surface area contributed by atoms with Crippen molar-refractivity contribution < 1.29 is 17.6 Å². The third-order valence-corrected chi connectivity index (χ3v) is 8.18. The number of sulfonamides is 1. The van der Waals surface area contributed by atoms with Crippen LogP contribution in [0.25, 0.3) is 0 Å². The van der Waals surface area contributed by atoms with Gasteiger partial charge in [0.25, 0.3) is 5.91 Å². The quantitative estimate of drug-likeness (QED) is 0.703. The molecule has 8 heteroatoms. The summed E-state index contributed by atoms with van der Waals surface area (Å²) in [4.78, 5) is 16.8. The van der Waals surface area contributed by atoms with Gasteiger partial charge in [0.2, 0.25) is 10.0 Å². The van der Waals surface area contributed by atoms with Crippen molar-refractivity contribution in [2.75, 3.05) is 44.2 Å². The second-order valence-corrected chi connectivity index (χ2v) is 11.0. The Morgan fingerprint density at radius 2 is 1.50 bits per heavy atom. The minimum Gasteiger partial charge on any atom is -0.366 e. The number of nitrogens with zero attached hydrogens (tertiary/aromatic N) is 3. The SMILES string of the molecule is C[C@@H]1C[C@@H](C)CN(S(=O)(=O)c2ccc(C(=O)N3CCN(c4ccccc4F)CC3)cc2)C1. The fraction of sp³-hybridized carbons (Fsp3) is 0.458. The summed E-state index contributed by atoms with van der Waals surface area (Å²) >= 11 is 0. The molecule has 172 valence electrons. The van der Waals surface area contributed by atoms with E-state index in [-0.39, 0.29) is 16.6 Å². The highest BCUT2D eigenvalue weighted by molar-refractivity contribution is 7.89. The molecule has 2 fully saturated rings. The molecule has 2 aliphatic heterocycles. The topological polar surface area (TPSA) is 60.9 Å². The van der Waals surface area contributed by atoms with E-state index in [9.17, 15) is 17.6 Å². The van der Waals surface area contributed by atoms with Crippen LogP contribution in [0.2, 0.25) is 0 Å². The number of halogens is 1. The van der Waals surface area contributed by atoms with Gasteiger partial charge in [-0.2, -0.15) is 4.31 Å². The van der Waals surface area contributed by atoms with E-state index >= 15 is 0 Å². The van der Waals surface area contributed by atoms with Gasteiger partial charge < -0.3 is 9.80 Å². The Kier molecular flexibility index (Phi) is 6.53. The Hall–Kier alpha value is -2.45. The van der Waals surface area contributed by atoms with Crippen LogP contribution in [0.3, 0.4) is 0 Å². The normalized spacial score (nSPS) is 22.7. The zero-order chi connectivity index (χ0) is 22.9. The Labute approximate surface area is 189 Å². The molecule has 2 aromatic rings. The summed E-state index contributed by atoms with van der Waals surface area (Å²) in [5.74, 6) is 0.263. The number of benzene rings is 2. The highest BCUT2D eigenvalue weighted by Crippen LogP contribution is 2.27. The Balaban J connectivity index is 1.41. The standard InChI is InChI=1S/C24H30FN3O3S/c1-18-15-19(2)17-28(16-18)32(30,31)21-9-7-20(8-10-21)24(29)27-13-11-26(12-14-27)23-6-4-3-5-22(23)25/h3-10,18-19H,11-17H2,1-2H3/t18-,19-/m1/s1. The van der Waals surface area contributed by atoms with Crippen LogP contribution in [0.5, 0.6) is 0 Å². The lowest BCUT2D eigenvalue weighted by Crippen LogP contribution is -2.49. The first kappa shape index (κ1) is 22.7. The summed E-state index contributed by atoms with van der Waals surface area (Å²) in [6.07, 6.45) is 1.03. The Morgan fingerprint density at radius 1 is 0.906 bits per heavy atom. The molecule has 2 aromatic carbocycles. The molecule has 2 atom stereocenters. The van der Waals surface area contributed by atoms with Gasteiger partial charge in [-0.05, 0) is 54.7 Å². The minimum absolute atomic E-state index is 0.137. The summed E-state index contributed by atoms with van der Waals surface area (Å²) in [5.41, 5.74) is 1.01. The number of piperidine rings is 1. The lowest BCUT2D eigenvalue weighted by Gasteiger charge is -2.36. The molecule has 0 aliphatic carbocycles. The van der Waals surface area contributed by atoms with Gasteiger partial charge in [0.15, 0.2) is 0 Å². The van der Waals surface area contributed by atoms with Crippen molar-refractivity contribution in [2.24, 2.45) is 11.8 Å². The van der Waals surface area contributed by atoms with Crippen LogP contribution in [-0.2, 0) is 10.0 Å². The number of hydrogen-bond acceptors (Lipinski definition) is 4. The summed E-state index contributed by atoms with van der Waals surface area (Å²) in [6, 6.07) is 12.9. The predicted molar refractivity (Wildman–Crippen MR) is 123 cm³/mol. The number of hydrogen-bond donors (Lipinski definition) is 0. The van der Waals surface area contributed by atoms with E-state index in [4.69, 9.17) is 0 Å². The largest absolute Gasteiger partial charge is 0.366 e. The summed E-state index contributed by atoms with van der Waals surface area (Å²) in [5, 5.41) is 0. The second kappa shape index (κ2) is 9.19. The molecule has 2 heterocycles. The third kappa shape index (κ3) is 4.66. The van der Waals surface area contributed by atoms with E-state index in [1.54, 1.807) is 39.5 Å². The maximum atomic E-state index is 14.0. The first-order chi connectivity index (χ1) is 15.3. The first-order valence-corrected chi connectivity index (χ1v) is 12.6. The van der Waals surface area contributed by atoms with Crippen molar-refractivity contribution in [1.29, 1.82) is 0 Å². The third-order valence-electron chi connectivity index (χ3n) is 6.33. The number of carbonyl (C=O) groups is 1. The summed E-state index contributed by atoms with van der Waals surface area (Å²) < 4.78 is 41.7. The van der Waals surface area contributed by atoms with Gasteiger partial charge in [-0.3, -0.25) is 4.79 Å². The molecule has 0 saturated carbocycles. The maximum Gasteiger partial charge on any atom is 0.253 e. The van der Waals surface area contributed by atoms with Crippen molar-refractivity contribution >= 4 is 21.6 Å². The molecule has 6 nitrogen and oxygen atoms in total. The Bertz CT molecular complexity index is 1060. The molecule has 0 unspecified atom stereocenters. The fourth-order valence-electron chi connectivity index (χ4n) is 4.76. The Morgan fingerprint density at radius 3 is 2.09 bits per heavy atom. The van der Waals surface area contributed by atoms with E-state index in [1.165, 1.54) is 18.2 Å². The second-order valence-electron chi connectivity index (χ2n) is 9.02. The number of carbonyl (C=O) groups excluding carboxylic acids is 1. The van der Waals surface area contributed by atoms with Crippen molar-refractivity contribution in [3.05, 3.63) is 59.9 Å². The van der Waals surface area contributed by atoms with Crippen LogP contribution < -0.4 is 4.90 Å². The first-order valence-electron chi connectivity index (χ1n) is 11.1. The van der Waals surface area contributed by atoms with E-state index in [0.717, 1.165) is 6.42 Å². The van der Waals surface area contributed by atoms with Crippen molar-refractivity contribution in [1.82, 2.24) is 9.21 Å². The molecule has 0 radical (unpaired) electrons. The average molecular weight is 460 g/mol. The van der Waals surface area contributed by atoms with Gasteiger partial charge in [-0.25, -0.2) is 12.8 Å². The van der Waals surface area contributed by atoms with Crippen LogP contribution in [-0.4, -0.2) is 62.8 Å². The van der Waals surface area contributed by atoms with Crippen LogP contribution in [0.15, 0.2) is 53.4 Å². The predicted octanol–water partition coefficient (Wildman–Crippen LogP) is 3.45. The van der Waals surface area contributed by atoms with E-state index in [1.807, 2.05) is 4.90 Å². The van der Waals surface area contributed by atoms with Crippen molar-refractivity contribution in [3.63, 3.8) is 0 Å². The number of piperazine rings is 1. The molecule has 4 rings (SSSR count). The van der Waals surface area contributed by atoms with Crippen LogP contribution in [0.1, 0.15) is 30.6 Å². The molecular formula is C24H30FN3O3S. The van der Waals surface area contributed by atoms with Crippen LogP contribution >= 0.6 is 0 Å². The van der Waals surface area contributed by atoms with Crippen LogP contribution in [0.4, 0.5) is 10.1 Å². The van der Waals surface area contributed by atoms with E-state index < -0.39 is 10.0 Å². The lowest BCUT2D eigenvalue weighted by atomic mass is 9.94. The van der Waals surface area contributed by atoms with Crippen molar-refractivity contribution in [3.8, 4) is 0 Å². The van der Waals surface area contributed by atoms with Gasteiger partial charge in [-0.1, -0.05) is 26.0 Å². The molecule has 1 amide bonds. The molecule has 0 aromatic heterocycles. The fourth-order valence-corrected chi connectivity index (χ4v) is 6.44. The molecule has 0 N–H and O–H groups in total. The van der Waals surface area contributed by atoms with Gasteiger partial charge >= 0.3 is 0 Å². The molecule has 2 saturated heterocycles. The monoisotopic (exact) mass is 459 g/mol. The molecule has 0 bridgehead atoms. The van der Waals surface area contributed by atoms with E-state index in [2.05, 4.69) is 13.8 Å². The summed E-state index contributed by atoms with van der Waals surface area (Å²) in [7, 11) is -3.57. The maximum absolute atomic E-state index is 14.0.